The van der Waals surface area contributed by atoms with Gasteiger partial charge in [0.1, 0.15) is 11.4 Å². The number of hydrogen-bond acceptors (Lipinski definition) is 5. The number of anilines is 3. The van der Waals surface area contributed by atoms with Crippen molar-refractivity contribution in [2.24, 2.45) is 0 Å². The van der Waals surface area contributed by atoms with Gasteiger partial charge >= 0.3 is 0 Å². The third-order valence-corrected chi connectivity index (χ3v) is 5.94. The zero-order valence-corrected chi connectivity index (χ0v) is 15.6. The first-order valence-electron chi connectivity index (χ1n) is 8.98. The molecule has 2 heterocycles. The Labute approximate surface area is 152 Å². The summed E-state index contributed by atoms with van der Waals surface area (Å²) in [6, 6.07) is 0. The molecule has 6 nitrogen and oxygen atoms in total. The molecule has 1 aromatic heterocycles. The number of fused-ring (bicyclic) bond motifs is 1. The molecule has 26 heavy (non-hydrogen) atoms. The summed E-state index contributed by atoms with van der Waals surface area (Å²) in [5.41, 5.74) is 1.43. The zero-order chi connectivity index (χ0) is 18.7. The van der Waals surface area contributed by atoms with Crippen LogP contribution < -0.4 is 15.1 Å². The Bertz CT molecular complexity index is 827. The van der Waals surface area contributed by atoms with Crippen molar-refractivity contribution in [3.8, 4) is 0 Å². The molecule has 3 fully saturated rings. The van der Waals surface area contributed by atoms with Gasteiger partial charge in [-0.05, 0) is 26.3 Å². The predicted molar refractivity (Wildman–Crippen MR) is 100 cm³/mol. The van der Waals surface area contributed by atoms with E-state index in [0.717, 1.165) is 11.3 Å². The summed E-state index contributed by atoms with van der Waals surface area (Å²) >= 11 is 0. The van der Waals surface area contributed by atoms with E-state index in [-0.39, 0.29) is 18.0 Å². The molecule has 0 spiro atoms. The van der Waals surface area contributed by atoms with Crippen LogP contribution in [0.15, 0.2) is 29.6 Å². The Morgan fingerprint density at radius 3 is 2.58 bits per heavy atom. The second kappa shape index (κ2) is 5.53. The number of halogens is 1. The SMILES string of the molecule is C/C=C(C)\C(=C/C)Nc1ncc2c(n1)N(C13CC(F)(C1)C3)CC(=O)N2C. The highest BCUT2D eigenvalue weighted by molar-refractivity contribution is 6.02. The fraction of sp³-hybridized carbons (Fsp3) is 0.526. The molecule has 0 atom stereocenters. The van der Waals surface area contributed by atoms with Gasteiger partial charge in [0.05, 0.1) is 18.3 Å². The third-order valence-electron chi connectivity index (χ3n) is 5.94. The maximum absolute atomic E-state index is 14.1. The van der Waals surface area contributed by atoms with Crippen LogP contribution in [0.25, 0.3) is 0 Å². The highest BCUT2D eigenvalue weighted by Gasteiger charge is 2.72. The molecule has 2 bridgehead atoms. The predicted octanol–water partition coefficient (Wildman–Crippen LogP) is 3.19. The van der Waals surface area contributed by atoms with Crippen LogP contribution >= 0.6 is 0 Å². The third kappa shape index (κ3) is 2.33. The molecular formula is C19H24FN5O. The Morgan fingerprint density at radius 1 is 1.31 bits per heavy atom. The van der Waals surface area contributed by atoms with Crippen LogP contribution in [-0.2, 0) is 4.79 Å². The van der Waals surface area contributed by atoms with E-state index in [1.165, 1.54) is 0 Å². The largest absolute Gasteiger partial charge is 0.339 e. The van der Waals surface area contributed by atoms with Crippen LogP contribution in [0, 0.1) is 0 Å². The molecule has 0 unspecified atom stereocenters. The van der Waals surface area contributed by atoms with Crippen molar-refractivity contribution >= 4 is 23.4 Å². The molecule has 1 amide bonds. The molecule has 3 saturated carbocycles. The Morgan fingerprint density at radius 2 is 2.00 bits per heavy atom. The number of allylic oxidation sites excluding steroid dienone is 3. The number of alkyl halides is 1. The molecule has 7 heteroatoms. The van der Waals surface area contributed by atoms with Crippen LogP contribution in [0.4, 0.5) is 21.8 Å². The van der Waals surface area contributed by atoms with Crippen LogP contribution in [-0.4, -0.2) is 40.7 Å². The van der Waals surface area contributed by atoms with E-state index in [1.807, 2.05) is 37.8 Å². The lowest BCUT2D eigenvalue weighted by atomic mass is 9.46. The van der Waals surface area contributed by atoms with Gasteiger partial charge in [0.15, 0.2) is 5.82 Å². The summed E-state index contributed by atoms with van der Waals surface area (Å²) in [7, 11) is 1.73. The smallest absolute Gasteiger partial charge is 0.246 e. The highest BCUT2D eigenvalue weighted by Crippen LogP contribution is 2.67. The molecule has 5 rings (SSSR count). The lowest BCUT2D eigenvalue weighted by molar-refractivity contribution is -0.155. The van der Waals surface area contributed by atoms with E-state index in [4.69, 9.17) is 4.98 Å². The lowest BCUT2D eigenvalue weighted by Gasteiger charge is -2.70. The van der Waals surface area contributed by atoms with Gasteiger partial charge < -0.3 is 15.1 Å². The number of nitrogens with one attached hydrogen (secondary N) is 1. The molecule has 0 saturated heterocycles. The van der Waals surface area contributed by atoms with Crippen LogP contribution in [0.1, 0.15) is 40.0 Å². The normalized spacial score (nSPS) is 30.6. The fourth-order valence-electron chi connectivity index (χ4n) is 4.28. The van der Waals surface area contributed by atoms with E-state index < -0.39 is 5.67 Å². The van der Waals surface area contributed by atoms with Gasteiger partial charge in [0.25, 0.3) is 0 Å². The number of hydrogen-bond donors (Lipinski definition) is 1. The average Bonchev–Trinajstić information content (AvgIpc) is 2.58. The van der Waals surface area contributed by atoms with Gasteiger partial charge in [-0.25, -0.2) is 9.37 Å². The van der Waals surface area contributed by atoms with Crippen LogP contribution in [0.5, 0.6) is 0 Å². The summed E-state index contributed by atoms with van der Waals surface area (Å²) in [6.07, 6.45) is 7.12. The zero-order valence-electron chi connectivity index (χ0n) is 15.6. The average molecular weight is 357 g/mol. The standard InChI is InChI=1S/C19H24FN5O/c1-5-12(3)13(6-2)22-17-21-7-14-16(23-17)25(8-15(26)24(14)4)19-9-18(20,10-19)11-19/h5-7H,8-11H2,1-4H3,(H,21,22,23)/b12-5-,13-6+. The fourth-order valence-corrected chi connectivity index (χ4v) is 4.28. The van der Waals surface area contributed by atoms with Crippen molar-refractivity contribution in [3.05, 3.63) is 29.6 Å². The Balaban J connectivity index is 1.69. The molecule has 1 N–H and O–H groups in total. The summed E-state index contributed by atoms with van der Waals surface area (Å²) in [6.45, 7) is 6.18. The minimum absolute atomic E-state index is 0.0154. The molecule has 0 radical (unpaired) electrons. The highest BCUT2D eigenvalue weighted by atomic mass is 19.1. The van der Waals surface area contributed by atoms with Crippen LogP contribution in [0.2, 0.25) is 0 Å². The van der Waals surface area contributed by atoms with Gasteiger partial charge in [-0.1, -0.05) is 12.2 Å². The monoisotopic (exact) mass is 357 g/mol. The number of amides is 1. The number of rotatable bonds is 4. The van der Waals surface area contributed by atoms with Gasteiger partial charge in [-0.3, -0.25) is 4.79 Å². The van der Waals surface area contributed by atoms with E-state index in [0.29, 0.717) is 36.7 Å². The Hall–Kier alpha value is -2.44. The first-order valence-corrected chi connectivity index (χ1v) is 8.98. The number of carbonyl (C=O) groups is 1. The summed E-state index contributed by atoms with van der Waals surface area (Å²) in [4.78, 5) is 25.1. The number of carbonyl (C=O) groups excluding carboxylic acids is 1. The van der Waals surface area contributed by atoms with Crippen LogP contribution in [0.3, 0.4) is 0 Å². The second-order valence-corrected chi connectivity index (χ2v) is 7.65. The minimum Gasteiger partial charge on any atom is -0.339 e. The van der Waals surface area contributed by atoms with Gasteiger partial charge in [-0.2, -0.15) is 4.98 Å². The van der Waals surface area contributed by atoms with E-state index in [1.54, 1.807) is 18.1 Å². The summed E-state index contributed by atoms with van der Waals surface area (Å²) in [5, 5.41) is 3.25. The summed E-state index contributed by atoms with van der Waals surface area (Å²) in [5.74, 6) is 1.17. The first kappa shape index (κ1) is 17.0. The van der Waals surface area contributed by atoms with Gasteiger partial charge in [0, 0.05) is 32.0 Å². The van der Waals surface area contributed by atoms with Crippen molar-refractivity contribution in [1.29, 1.82) is 0 Å². The summed E-state index contributed by atoms with van der Waals surface area (Å²) < 4.78 is 14.1. The van der Waals surface area contributed by atoms with E-state index in [2.05, 4.69) is 10.3 Å². The number of nitrogens with zero attached hydrogens (tertiary/aromatic N) is 4. The van der Waals surface area contributed by atoms with Crippen molar-refractivity contribution in [3.63, 3.8) is 0 Å². The van der Waals surface area contributed by atoms with Crippen molar-refractivity contribution < 1.29 is 9.18 Å². The molecule has 1 aromatic rings. The van der Waals surface area contributed by atoms with Gasteiger partial charge in [0.2, 0.25) is 11.9 Å². The maximum atomic E-state index is 14.1. The molecule has 3 aliphatic carbocycles. The quantitative estimate of drug-likeness (QED) is 0.839. The van der Waals surface area contributed by atoms with Crippen molar-refractivity contribution in [2.75, 3.05) is 28.7 Å². The number of aromatic nitrogens is 2. The molecular weight excluding hydrogens is 333 g/mol. The molecule has 1 aliphatic heterocycles. The van der Waals surface area contributed by atoms with E-state index in [9.17, 15) is 9.18 Å². The maximum Gasteiger partial charge on any atom is 0.246 e. The molecule has 138 valence electrons. The minimum atomic E-state index is -1.03. The lowest BCUT2D eigenvalue weighted by Crippen LogP contribution is -2.78. The van der Waals surface area contributed by atoms with Crippen molar-refractivity contribution in [2.45, 2.75) is 51.2 Å². The molecule has 4 aliphatic rings. The number of likely N-dealkylation sites (N-methyl/N-ethyl adjacent to an activating group) is 1. The second-order valence-electron chi connectivity index (χ2n) is 7.65. The van der Waals surface area contributed by atoms with Gasteiger partial charge in [-0.15, -0.1) is 0 Å². The Kier molecular flexibility index (Phi) is 3.61. The topological polar surface area (TPSA) is 61.4 Å². The molecule has 0 aromatic carbocycles. The van der Waals surface area contributed by atoms with E-state index >= 15 is 0 Å². The van der Waals surface area contributed by atoms with Crippen molar-refractivity contribution in [1.82, 2.24) is 9.97 Å². The first-order chi connectivity index (χ1) is 12.3.